The standard InChI is InChI=1S/C30H31N7O3/c1-17-10-18(6-9-26(17)39-21-7-8-25-23(13-21)33-16-37(25)2)35-29-28-24(31-15-32-29)14-27(38-3)30(36-28)40-22-11-19-4-5-20(12-22)34-19/h6-10,13-16,19-20,22,34H,4-5,11-12H2,1-3H3,(H,31,32,35)/t19-,20+,22?. The Balaban J connectivity index is 1.13. The minimum Gasteiger partial charge on any atom is -0.491 e. The Labute approximate surface area is 231 Å². The van der Waals surface area contributed by atoms with Crippen LogP contribution in [0.4, 0.5) is 11.5 Å². The first-order valence-electron chi connectivity index (χ1n) is 13.6. The molecule has 0 amide bonds. The van der Waals surface area contributed by atoms with Gasteiger partial charge >= 0.3 is 0 Å². The van der Waals surface area contributed by atoms with E-state index in [1.54, 1.807) is 13.4 Å². The molecule has 0 aliphatic carbocycles. The van der Waals surface area contributed by atoms with Crippen LogP contribution in [0.15, 0.2) is 55.1 Å². The first-order chi connectivity index (χ1) is 19.5. The molecule has 5 heterocycles. The highest BCUT2D eigenvalue weighted by molar-refractivity contribution is 5.88. The number of benzene rings is 2. The van der Waals surface area contributed by atoms with Crippen molar-refractivity contribution in [2.24, 2.45) is 7.05 Å². The Morgan fingerprint density at radius 1 is 0.950 bits per heavy atom. The fourth-order valence-electron chi connectivity index (χ4n) is 5.82. The Morgan fingerprint density at radius 2 is 1.80 bits per heavy atom. The normalized spacial score (nSPS) is 20.1. The van der Waals surface area contributed by atoms with Crippen LogP contribution in [0.2, 0.25) is 0 Å². The molecule has 2 saturated heterocycles. The van der Waals surface area contributed by atoms with Crippen molar-refractivity contribution in [2.45, 2.75) is 50.8 Å². The molecular weight excluding hydrogens is 506 g/mol. The fourth-order valence-corrected chi connectivity index (χ4v) is 5.82. The summed E-state index contributed by atoms with van der Waals surface area (Å²) in [6, 6.07) is 14.7. The van der Waals surface area contributed by atoms with Gasteiger partial charge in [-0.2, -0.15) is 0 Å². The smallest absolute Gasteiger partial charge is 0.258 e. The lowest BCUT2D eigenvalue weighted by atomic mass is 10.0. The third-order valence-electron chi connectivity index (χ3n) is 7.83. The number of aromatic nitrogens is 5. The van der Waals surface area contributed by atoms with Crippen molar-refractivity contribution in [1.82, 2.24) is 29.8 Å². The molecule has 2 N–H and O–H groups in total. The van der Waals surface area contributed by atoms with Crippen molar-refractivity contribution in [3.8, 4) is 23.1 Å². The lowest BCUT2D eigenvalue weighted by Crippen LogP contribution is -2.42. The van der Waals surface area contributed by atoms with Gasteiger partial charge in [-0.05, 0) is 68.5 Å². The molecule has 204 valence electrons. The van der Waals surface area contributed by atoms with Gasteiger partial charge in [-0.15, -0.1) is 0 Å². The summed E-state index contributed by atoms with van der Waals surface area (Å²) in [4.78, 5) is 18.2. The first-order valence-corrected chi connectivity index (χ1v) is 13.6. The van der Waals surface area contributed by atoms with Crippen LogP contribution >= 0.6 is 0 Å². The highest BCUT2D eigenvalue weighted by Crippen LogP contribution is 2.36. The van der Waals surface area contributed by atoms with Gasteiger partial charge in [0.15, 0.2) is 11.6 Å². The van der Waals surface area contributed by atoms with Crippen LogP contribution in [0.3, 0.4) is 0 Å². The van der Waals surface area contributed by atoms with E-state index in [1.807, 2.05) is 61.0 Å². The topological polar surface area (TPSA) is 108 Å². The molecule has 10 nitrogen and oxygen atoms in total. The number of pyridine rings is 1. The van der Waals surface area contributed by atoms with Crippen molar-refractivity contribution in [3.63, 3.8) is 0 Å². The van der Waals surface area contributed by atoms with Crippen LogP contribution in [-0.2, 0) is 7.05 Å². The van der Waals surface area contributed by atoms with Crippen molar-refractivity contribution < 1.29 is 14.2 Å². The number of imidazole rings is 1. The molecule has 5 aromatic rings. The maximum atomic E-state index is 6.41. The lowest BCUT2D eigenvalue weighted by Gasteiger charge is -2.29. The molecule has 0 radical (unpaired) electrons. The third kappa shape index (κ3) is 4.64. The molecule has 2 fully saturated rings. The zero-order valence-electron chi connectivity index (χ0n) is 22.7. The van der Waals surface area contributed by atoms with Crippen LogP contribution in [0.1, 0.15) is 31.2 Å². The third-order valence-corrected chi connectivity index (χ3v) is 7.83. The SMILES string of the molecule is COc1cc2ncnc(Nc3ccc(Oc4ccc5c(c4)ncn5C)c(C)c3)c2nc1OC1C[C@H]2CC[C@@H](C1)N2. The fraction of sp³-hybridized carbons (Fsp3) is 0.333. The van der Waals surface area contributed by atoms with Gasteiger partial charge in [0.2, 0.25) is 0 Å². The highest BCUT2D eigenvalue weighted by atomic mass is 16.5. The predicted molar refractivity (Wildman–Crippen MR) is 153 cm³/mol. The van der Waals surface area contributed by atoms with E-state index in [4.69, 9.17) is 19.2 Å². The van der Waals surface area contributed by atoms with E-state index >= 15 is 0 Å². The Hall–Kier alpha value is -4.44. The number of nitrogens with zero attached hydrogens (tertiary/aromatic N) is 5. The maximum absolute atomic E-state index is 6.41. The van der Waals surface area contributed by atoms with Crippen LogP contribution in [0.25, 0.3) is 22.1 Å². The van der Waals surface area contributed by atoms with E-state index in [-0.39, 0.29) is 6.10 Å². The summed E-state index contributed by atoms with van der Waals surface area (Å²) in [5.41, 5.74) is 5.09. The number of hydrogen-bond acceptors (Lipinski definition) is 9. The van der Waals surface area contributed by atoms with Crippen LogP contribution in [0, 0.1) is 6.92 Å². The summed E-state index contributed by atoms with van der Waals surface area (Å²) < 4.78 is 20.2. The number of fused-ring (bicyclic) bond motifs is 4. The number of hydrogen-bond donors (Lipinski definition) is 2. The van der Waals surface area contributed by atoms with Crippen LogP contribution in [0.5, 0.6) is 23.1 Å². The molecule has 0 saturated carbocycles. The molecule has 3 atom stereocenters. The maximum Gasteiger partial charge on any atom is 0.258 e. The van der Waals surface area contributed by atoms with Gasteiger partial charge < -0.3 is 29.4 Å². The van der Waals surface area contributed by atoms with E-state index in [9.17, 15) is 0 Å². The highest BCUT2D eigenvalue weighted by Gasteiger charge is 2.35. The second kappa shape index (κ2) is 9.95. The van der Waals surface area contributed by atoms with E-state index in [2.05, 4.69) is 25.6 Å². The second-order valence-corrected chi connectivity index (χ2v) is 10.6. The van der Waals surface area contributed by atoms with Gasteiger partial charge in [-0.3, -0.25) is 0 Å². The lowest BCUT2D eigenvalue weighted by molar-refractivity contribution is 0.127. The summed E-state index contributed by atoms with van der Waals surface area (Å²) in [6.07, 6.45) is 7.78. The van der Waals surface area contributed by atoms with Crippen molar-refractivity contribution in [1.29, 1.82) is 0 Å². The summed E-state index contributed by atoms with van der Waals surface area (Å²) in [6.45, 7) is 2.01. The van der Waals surface area contributed by atoms with E-state index < -0.39 is 0 Å². The number of piperidine rings is 1. The van der Waals surface area contributed by atoms with Crippen LogP contribution < -0.4 is 24.8 Å². The van der Waals surface area contributed by atoms with Crippen molar-refractivity contribution >= 4 is 33.6 Å². The molecule has 0 spiro atoms. The average Bonchev–Trinajstić information content (AvgIpc) is 3.50. The molecular formula is C30H31N7O3. The Bertz CT molecular complexity index is 1710. The number of aryl methyl sites for hydroxylation is 2. The Kier molecular flexibility index (Phi) is 6.11. The van der Waals surface area contributed by atoms with Gasteiger partial charge in [-0.25, -0.2) is 19.9 Å². The zero-order valence-corrected chi connectivity index (χ0v) is 22.7. The van der Waals surface area contributed by atoms with E-state index in [0.717, 1.165) is 46.6 Å². The minimum atomic E-state index is 0.104. The summed E-state index contributed by atoms with van der Waals surface area (Å²) in [5, 5.41) is 7.07. The van der Waals surface area contributed by atoms with E-state index in [1.165, 1.54) is 19.2 Å². The van der Waals surface area contributed by atoms with Gasteiger partial charge in [-0.1, -0.05) is 0 Å². The minimum absolute atomic E-state index is 0.104. The first kappa shape index (κ1) is 24.6. The molecule has 3 aromatic heterocycles. The Morgan fingerprint density at radius 3 is 2.60 bits per heavy atom. The largest absolute Gasteiger partial charge is 0.491 e. The summed E-state index contributed by atoms with van der Waals surface area (Å²) in [5.74, 6) is 3.15. The van der Waals surface area contributed by atoms with Crippen LogP contribution in [-0.4, -0.2) is 49.8 Å². The molecule has 10 heteroatoms. The van der Waals surface area contributed by atoms with Crippen molar-refractivity contribution in [2.75, 3.05) is 12.4 Å². The molecule has 2 aromatic carbocycles. The summed E-state index contributed by atoms with van der Waals surface area (Å²) in [7, 11) is 3.60. The zero-order chi connectivity index (χ0) is 27.2. The molecule has 40 heavy (non-hydrogen) atoms. The second-order valence-electron chi connectivity index (χ2n) is 10.6. The average molecular weight is 538 g/mol. The number of methoxy groups -OCH3 is 1. The predicted octanol–water partition coefficient (Wildman–Crippen LogP) is 5.43. The number of ether oxygens (including phenoxy) is 3. The monoisotopic (exact) mass is 537 g/mol. The number of nitrogens with one attached hydrogen (secondary N) is 2. The van der Waals surface area contributed by atoms with Gasteiger partial charge in [0, 0.05) is 37.0 Å². The molecule has 2 bridgehead atoms. The van der Waals surface area contributed by atoms with Gasteiger partial charge in [0.1, 0.15) is 29.4 Å². The number of rotatable bonds is 7. The van der Waals surface area contributed by atoms with E-state index in [0.29, 0.717) is 40.6 Å². The molecule has 1 unspecified atom stereocenters. The van der Waals surface area contributed by atoms with Gasteiger partial charge in [0.05, 0.1) is 30.0 Å². The quantitative estimate of drug-likeness (QED) is 0.281. The van der Waals surface area contributed by atoms with Crippen molar-refractivity contribution in [3.05, 3.63) is 60.7 Å². The molecule has 7 rings (SSSR count). The summed E-state index contributed by atoms with van der Waals surface area (Å²) >= 11 is 0. The molecule has 2 aliphatic heterocycles. The number of anilines is 2. The molecule has 2 aliphatic rings. The van der Waals surface area contributed by atoms with Gasteiger partial charge in [0.25, 0.3) is 5.88 Å².